The van der Waals surface area contributed by atoms with Crippen molar-refractivity contribution in [3.8, 4) is 0 Å². The molecular weight excluding hydrogens is 333 g/mol. The maximum atomic E-state index is 13.5. The van der Waals surface area contributed by atoms with Crippen molar-refractivity contribution < 1.29 is 14.0 Å². The van der Waals surface area contributed by atoms with Gasteiger partial charge in [0.15, 0.2) is 0 Å². The van der Waals surface area contributed by atoms with E-state index < -0.39 is 5.54 Å². The number of carbonyl (C=O) groups excluding carboxylic acids is 2. The van der Waals surface area contributed by atoms with Crippen LogP contribution in [0.2, 0.25) is 0 Å². The molecule has 1 aromatic carbocycles. The van der Waals surface area contributed by atoms with E-state index in [1.807, 2.05) is 0 Å². The number of nitrogens with zero attached hydrogens (tertiary/aromatic N) is 1. The van der Waals surface area contributed by atoms with Crippen LogP contribution in [0.15, 0.2) is 35.9 Å². The molecular formula is C20H26FN3O2. The van der Waals surface area contributed by atoms with E-state index in [9.17, 15) is 14.0 Å². The number of halogens is 1. The first-order valence-corrected chi connectivity index (χ1v) is 9.24. The Labute approximate surface area is 153 Å². The molecule has 6 heteroatoms. The Morgan fingerprint density at radius 2 is 2.15 bits per heavy atom. The highest BCUT2D eigenvalue weighted by atomic mass is 19.1. The summed E-state index contributed by atoms with van der Waals surface area (Å²) in [5, 5.41) is 5.85. The van der Waals surface area contributed by atoms with E-state index in [0.717, 1.165) is 19.3 Å². The number of anilines is 1. The standard InChI is InChI=1S/C20H26FN3O2/c1-22-19(26)20(23-17-9-5-8-16(21)13-17)10-11-24(14-20)18(25)12-15-6-3-2-4-7-15/h5-6,8-9,13,23H,2-4,7,10-12,14H2,1H3,(H,22,26). The first-order chi connectivity index (χ1) is 12.5. The monoisotopic (exact) mass is 359 g/mol. The molecule has 1 fully saturated rings. The van der Waals surface area contributed by atoms with E-state index in [4.69, 9.17) is 0 Å². The van der Waals surface area contributed by atoms with Crippen LogP contribution in [0.1, 0.15) is 38.5 Å². The fraction of sp³-hybridized carbons (Fsp3) is 0.500. The Bertz CT molecular complexity index is 719. The Hall–Kier alpha value is -2.37. The maximum absolute atomic E-state index is 13.5. The van der Waals surface area contributed by atoms with Gasteiger partial charge in [-0.15, -0.1) is 0 Å². The Balaban J connectivity index is 1.72. The van der Waals surface area contributed by atoms with Gasteiger partial charge in [-0.3, -0.25) is 9.59 Å². The van der Waals surface area contributed by atoms with Crippen molar-refractivity contribution in [3.05, 3.63) is 41.7 Å². The SMILES string of the molecule is CNC(=O)C1(Nc2cccc(F)c2)CCN(C(=O)CC2=CCCCC2)C1. The summed E-state index contributed by atoms with van der Waals surface area (Å²) < 4.78 is 13.5. The fourth-order valence-electron chi connectivity index (χ4n) is 3.82. The van der Waals surface area contributed by atoms with Crippen LogP contribution in [0.3, 0.4) is 0 Å². The van der Waals surface area contributed by atoms with Gasteiger partial charge in [-0.2, -0.15) is 0 Å². The molecule has 3 rings (SSSR count). The second-order valence-electron chi connectivity index (χ2n) is 7.15. The highest BCUT2D eigenvalue weighted by Gasteiger charge is 2.45. The number of likely N-dealkylation sites (N-methyl/N-ethyl adjacent to an activating group) is 1. The average Bonchev–Trinajstić information content (AvgIpc) is 3.07. The van der Waals surface area contributed by atoms with E-state index in [2.05, 4.69) is 16.7 Å². The van der Waals surface area contributed by atoms with Gasteiger partial charge in [0, 0.05) is 25.7 Å². The summed E-state index contributed by atoms with van der Waals surface area (Å²) in [6, 6.07) is 6.05. The van der Waals surface area contributed by atoms with Gasteiger partial charge in [0.1, 0.15) is 11.4 Å². The lowest BCUT2D eigenvalue weighted by Gasteiger charge is -2.30. The number of allylic oxidation sites excluding steroid dienone is 1. The summed E-state index contributed by atoms with van der Waals surface area (Å²) in [6.07, 6.45) is 7.47. The molecule has 1 aliphatic carbocycles. The van der Waals surface area contributed by atoms with E-state index in [1.54, 1.807) is 24.1 Å². The number of likely N-dealkylation sites (tertiary alicyclic amines) is 1. The normalized spacial score (nSPS) is 22.7. The van der Waals surface area contributed by atoms with Gasteiger partial charge in [0.05, 0.1) is 6.54 Å². The molecule has 1 aromatic rings. The first kappa shape index (κ1) is 18.4. The quantitative estimate of drug-likeness (QED) is 0.795. The number of carbonyl (C=O) groups is 2. The molecule has 2 amide bonds. The third-order valence-electron chi connectivity index (χ3n) is 5.26. The molecule has 1 saturated heterocycles. The zero-order chi connectivity index (χ0) is 18.6. The van der Waals surface area contributed by atoms with Crippen LogP contribution < -0.4 is 10.6 Å². The summed E-state index contributed by atoms with van der Waals surface area (Å²) in [4.78, 5) is 27.0. The molecule has 2 aliphatic rings. The van der Waals surface area contributed by atoms with E-state index in [1.165, 1.54) is 24.1 Å². The highest BCUT2D eigenvalue weighted by Crippen LogP contribution is 2.29. The van der Waals surface area contributed by atoms with Crippen LogP contribution in [-0.2, 0) is 9.59 Å². The third-order valence-corrected chi connectivity index (χ3v) is 5.26. The smallest absolute Gasteiger partial charge is 0.247 e. The number of hydrogen-bond acceptors (Lipinski definition) is 3. The molecule has 1 heterocycles. The lowest BCUT2D eigenvalue weighted by atomic mass is 9.96. The van der Waals surface area contributed by atoms with Gasteiger partial charge < -0.3 is 15.5 Å². The van der Waals surface area contributed by atoms with Crippen LogP contribution in [-0.4, -0.2) is 42.4 Å². The van der Waals surface area contributed by atoms with Gasteiger partial charge in [-0.25, -0.2) is 4.39 Å². The minimum atomic E-state index is -0.931. The second-order valence-corrected chi connectivity index (χ2v) is 7.15. The maximum Gasteiger partial charge on any atom is 0.247 e. The first-order valence-electron chi connectivity index (χ1n) is 9.24. The number of hydrogen-bond donors (Lipinski definition) is 2. The molecule has 26 heavy (non-hydrogen) atoms. The third kappa shape index (κ3) is 4.06. The van der Waals surface area contributed by atoms with E-state index in [-0.39, 0.29) is 24.2 Å². The number of rotatable bonds is 5. The molecule has 1 unspecified atom stereocenters. The number of amides is 2. The summed E-state index contributed by atoms with van der Waals surface area (Å²) >= 11 is 0. The van der Waals surface area contributed by atoms with Gasteiger partial charge >= 0.3 is 0 Å². The second kappa shape index (κ2) is 7.89. The van der Waals surface area contributed by atoms with Crippen molar-refractivity contribution in [2.75, 3.05) is 25.5 Å². The highest BCUT2D eigenvalue weighted by molar-refractivity contribution is 5.91. The molecule has 0 saturated carbocycles. The fourth-order valence-corrected chi connectivity index (χ4v) is 3.82. The zero-order valence-electron chi connectivity index (χ0n) is 15.2. The van der Waals surface area contributed by atoms with Crippen molar-refractivity contribution in [2.24, 2.45) is 0 Å². The van der Waals surface area contributed by atoms with Crippen LogP contribution in [0, 0.1) is 5.82 Å². The molecule has 140 valence electrons. The lowest BCUT2D eigenvalue weighted by Crippen LogP contribution is -2.54. The summed E-state index contributed by atoms with van der Waals surface area (Å²) in [5.41, 5.74) is 0.814. The molecule has 0 spiro atoms. The van der Waals surface area contributed by atoms with Crippen LogP contribution in [0.5, 0.6) is 0 Å². The van der Waals surface area contributed by atoms with Gasteiger partial charge in [-0.1, -0.05) is 17.7 Å². The number of benzene rings is 1. The molecule has 5 nitrogen and oxygen atoms in total. The minimum absolute atomic E-state index is 0.0602. The zero-order valence-corrected chi connectivity index (χ0v) is 15.2. The molecule has 0 bridgehead atoms. The largest absolute Gasteiger partial charge is 0.370 e. The topological polar surface area (TPSA) is 61.4 Å². The minimum Gasteiger partial charge on any atom is -0.370 e. The predicted molar refractivity (Wildman–Crippen MR) is 99.2 cm³/mol. The molecule has 2 N–H and O–H groups in total. The molecule has 0 radical (unpaired) electrons. The van der Waals surface area contributed by atoms with Gasteiger partial charge in [0.2, 0.25) is 11.8 Å². The summed E-state index contributed by atoms with van der Waals surface area (Å²) in [5.74, 6) is -0.490. The van der Waals surface area contributed by atoms with Crippen LogP contribution >= 0.6 is 0 Å². The molecule has 0 aromatic heterocycles. The molecule has 1 aliphatic heterocycles. The van der Waals surface area contributed by atoms with Gasteiger partial charge in [-0.05, 0) is 50.3 Å². The van der Waals surface area contributed by atoms with Crippen molar-refractivity contribution in [3.63, 3.8) is 0 Å². The summed E-state index contributed by atoms with van der Waals surface area (Å²) in [6.45, 7) is 0.803. The van der Waals surface area contributed by atoms with E-state index in [0.29, 0.717) is 25.1 Å². The summed E-state index contributed by atoms with van der Waals surface area (Å²) in [7, 11) is 1.58. The van der Waals surface area contributed by atoms with Gasteiger partial charge in [0.25, 0.3) is 0 Å². The van der Waals surface area contributed by atoms with E-state index >= 15 is 0 Å². The van der Waals surface area contributed by atoms with Crippen molar-refractivity contribution in [2.45, 2.75) is 44.1 Å². The average molecular weight is 359 g/mol. The van der Waals surface area contributed by atoms with Crippen LogP contribution in [0.4, 0.5) is 10.1 Å². The van der Waals surface area contributed by atoms with Crippen molar-refractivity contribution in [1.82, 2.24) is 10.2 Å². The number of nitrogens with one attached hydrogen (secondary N) is 2. The molecule has 1 atom stereocenters. The predicted octanol–water partition coefficient (Wildman–Crippen LogP) is 2.85. The van der Waals surface area contributed by atoms with Crippen molar-refractivity contribution >= 4 is 17.5 Å². The lowest BCUT2D eigenvalue weighted by molar-refractivity contribution is -0.130. The van der Waals surface area contributed by atoms with Crippen molar-refractivity contribution in [1.29, 1.82) is 0 Å². The van der Waals surface area contributed by atoms with Crippen LogP contribution in [0.25, 0.3) is 0 Å². The Kier molecular flexibility index (Phi) is 5.59. The Morgan fingerprint density at radius 1 is 1.31 bits per heavy atom. The Morgan fingerprint density at radius 3 is 2.85 bits per heavy atom.